The van der Waals surface area contributed by atoms with Crippen LogP contribution in [0.2, 0.25) is 0 Å². The molecule has 25 heavy (non-hydrogen) atoms. The Kier molecular flexibility index (Phi) is 5.64. The van der Waals surface area contributed by atoms with Crippen LogP contribution in [0.3, 0.4) is 0 Å². The van der Waals surface area contributed by atoms with Crippen LogP contribution in [0.25, 0.3) is 0 Å². The van der Waals surface area contributed by atoms with Crippen molar-refractivity contribution in [3.05, 3.63) is 18.0 Å². The van der Waals surface area contributed by atoms with Crippen molar-refractivity contribution in [3.63, 3.8) is 0 Å². The van der Waals surface area contributed by atoms with E-state index in [2.05, 4.69) is 27.2 Å². The molecule has 1 aliphatic heterocycles. The number of nitrogens with zero attached hydrogens (tertiary/aromatic N) is 4. The van der Waals surface area contributed by atoms with Crippen LogP contribution in [0.1, 0.15) is 44.3 Å². The lowest BCUT2D eigenvalue weighted by atomic mass is 9.73. The quantitative estimate of drug-likeness (QED) is 0.636. The van der Waals surface area contributed by atoms with Crippen LogP contribution >= 0.6 is 0 Å². The van der Waals surface area contributed by atoms with Gasteiger partial charge in [0.2, 0.25) is 0 Å². The van der Waals surface area contributed by atoms with E-state index in [9.17, 15) is 5.11 Å². The largest absolute Gasteiger partial charge is 0.392 e. The minimum Gasteiger partial charge on any atom is -0.392 e. The molecular weight excluding hydrogens is 318 g/mol. The zero-order valence-corrected chi connectivity index (χ0v) is 15.6. The lowest BCUT2D eigenvalue weighted by Crippen LogP contribution is -2.52. The molecule has 7 heteroatoms. The zero-order chi connectivity index (χ0) is 17.9. The predicted molar refractivity (Wildman–Crippen MR) is 97.4 cm³/mol. The molecule has 2 N–H and O–H groups in total. The van der Waals surface area contributed by atoms with Crippen LogP contribution in [0.4, 0.5) is 0 Å². The van der Waals surface area contributed by atoms with E-state index in [0.29, 0.717) is 6.61 Å². The number of aliphatic imine (C=N–C) groups is 1. The average molecular weight is 349 g/mol. The van der Waals surface area contributed by atoms with Crippen LogP contribution in [0, 0.1) is 5.41 Å². The third-order valence-electron chi connectivity index (χ3n) is 5.60. The summed E-state index contributed by atoms with van der Waals surface area (Å²) in [6, 6.07) is 0. The first-order chi connectivity index (χ1) is 12.0. The van der Waals surface area contributed by atoms with Crippen LogP contribution in [-0.4, -0.2) is 65.1 Å². The van der Waals surface area contributed by atoms with E-state index in [1.165, 1.54) is 6.42 Å². The van der Waals surface area contributed by atoms with E-state index in [1.807, 2.05) is 26.5 Å². The molecule has 1 aromatic heterocycles. The molecule has 2 fully saturated rings. The molecule has 1 aromatic rings. The van der Waals surface area contributed by atoms with E-state index in [0.717, 1.165) is 50.4 Å². The Morgan fingerprint density at radius 1 is 1.52 bits per heavy atom. The molecule has 0 aromatic carbocycles. The summed E-state index contributed by atoms with van der Waals surface area (Å²) >= 11 is 0. The molecule has 3 rings (SSSR count). The summed E-state index contributed by atoms with van der Waals surface area (Å²) < 4.78 is 7.72. The maximum atomic E-state index is 10.4. The van der Waals surface area contributed by atoms with Gasteiger partial charge in [0, 0.05) is 44.4 Å². The number of aliphatic hydroxyl groups excluding tert-OH is 1. The fourth-order valence-electron chi connectivity index (χ4n) is 3.85. The molecule has 2 aliphatic rings. The maximum Gasteiger partial charge on any atom is 0.193 e. The van der Waals surface area contributed by atoms with Crippen molar-refractivity contribution in [2.75, 3.05) is 33.3 Å². The van der Waals surface area contributed by atoms with Crippen LogP contribution in [-0.2, 0) is 11.8 Å². The van der Waals surface area contributed by atoms with Gasteiger partial charge in [-0.2, -0.15) is 5.10 Å². The molecule has 7 nitrogen and oxygen atoms in total. The first kappa shape index (κ1) is 18.2. The van der Waals surface area contributed by atoms with E-state index in [-0.39, 0.29) is 17.6 Å². The van der Waals surface area contributed by atoms with Crippen molar-refractivity contribution < 1.29 is 9.84 Å². The second-order valence-electron chi connectivity index (χ2n) is 7.57. The van der Waals surface area contributed by atoms with Gasteiger partial charge in [-0.3, -0.25) is 9.67 Å². The van der Waals surface area contributed by atoms with Crippen molar-refractivity contribution in [3.8, 4) is 0 Å². The maximum absolute atomic E-state index is 10.4. The van der Waals surface area contributed by atoms with Crippen molar-refractivity contribution >= 4 is 5.96 Å². The van der Waals surface area contributed by atoms with Crippen molar-refractivity contribution in [2.45, 2.75) is 44.8 Å². The Balaban J connectivity index is 1.60. The first-order valence-electron chi connectivity index (χ1n) is 9.25. The van der Waals surface area contributed by atoms with E-state index in [4.69, 9.17) is 4.74 Å². The molecular formula is C18H31N5O2. The topological polar surface area (TPSA) is 74.9 Å². The highest BCUT2D eigenvalue weighted by molar-refractivity contribution is 5.80. The summed E-state index contributed by atoms with van der Waals surface area (Å²) in [7, 11) is 3.73. The number of guanidine groups is 1. The van der Waals surface area contributed by atoms with Gasteiger partial charge in [-0.05, 0) is 12.8 Å². The highest BCUT2D eigenvalue weighted by atomic mass is 16.5. The van der Waals surface area contributed by atoms with Gasteiger partial charge in [0.15, 0.2) is 5.96 Å². The number of nitrogens with one attached hydrogen (secondary N) is 1. The minimum absolute atomic E-state index is 0.0110. The number of rotatable bonds is 3. The van der Waals surface area contributed by atoms with Gasteiger partial charge in [-0.25, -0.2) is 0 Å². The van der Waals surface area contributed by atoms with E-state index in [1.54, 1.807) is 4.68 Å². The molecule has 1 saturated heterocycles. The molecule has 2 heterocycles. The van der Waals surface area contributed by atoms with Gasteiger partial charge in [0.1, 0.15) is 6.10 Å². The molecule has 140 valence electrons. The lowest BCUT2D eigenvalue weighted by molar-refractivity contribution is -0.0108. The molecule has 1 saturated carbocycles. The third-order valence-corrected chi connectivity index (χ3v) is 5.60. The van der Waals surface area contributed by atoms with Crippen LogP contribution < -0.4 is 5.32 Å². The summed E-state index contributed by atoms with van der Waals surface area (Å²) in [4.78, 5) is 6.69. The number of aryl methyl sites for hydroxylation is 1. The monoisotopic (exact) mass is 349 g/mol. The summed E-state index contributed by atoms with van der Waals surface area (Å²) in [6.45, 7) is 5.16. The fourth-order valence-corrected chi connectivity index (χ4v) is 3.85. The molecule has 0 radical (unpaired) electrons. The van der Waals surface area contributed by atoms with Crippen molar-refractivity contribution in [1.29, 1.82) is 0 Å². The summed E-state index contributed by atoms with van der Waals surface area (Å²) in [5.74, 6) is 0.885. The third kappa shape index (κ3) is 4.15. The normalized spacial score (nSPS) is 31.2. The van der Waals surface area contributed by atoms with Gasteiger partial charge in [-0.15, -0.1) is 0 Å². The van der Waals surface area contributed by atoms with Crippen molar-refractivity contribution in [1.82, 2.24) is 20.0 Å². The van der Waals surface area contributed by atoms with E-state index >= 15 is 0 Å². The standard InChI is InChI=1S/C18H31N5O2/c1-18(7-5-4-6-16(18)24)13-20-17(19-2)23-8-9-25-15(12-23)14-10-21-22(3)11-14/h10-11,15-16,24H,4-9,12-13H2,1-3H3,(H,19,20). The SMILES string of the molecule is CN=C(NCC1(C)CCCCC1O)N1CCOC(c2cnn(C)c2)C1. The molecule has 1 aliphatic carbocycles. The predicted octanol–water partition coefficient (Wildman–Crippen LogP) is 1.31. The fraction of sp³-hybridized carbons (Fsp3) is 0.778. The molecule has 0 bridgehead atoms. The van der Waals surface area contributed by atoms with Crippen LogP contribution in [0.5, 0.6) is 0 Å². The Labute approximate surface area is 150 Å². The Morgan fingerprint density at radius 3 is 3.04 bits per heavy atom. The van der Waals surface area contributed by atoms with Gasteiger partial charge < -0.3 is 20.1 Å². The van der Waals surface area contributed by atoms with Gasteiger partial charge in [-0.1, -0.05) is 19.8 Å². The summed E-state index contributed by atoms with van der Waals surface area (Å²) in [5, 5.41) is 18.1. The van der Waals surface area contributed by atoms with Crippen LogP contribution in [0.15, 0.2) is 17.4 Å². The van der Waals surface area contributed by atoms with Gasteiger partial charge in [0.25, 0.3) is 0 Å². The second kappa shape index (κ2) is 7.74. The minimum atomic E-state index is -0.236. The smallest absolute Gasteiger partial charge is 0.193 e. The van der Waals surface area contributed by atoms with E-state index < -0.39 is 0 Å². The number of aliphatic hydroxyl groups is 1. The highest BCUT2D eigenvalue weighted by Crippen LogP contribution is 2.35. The lowest BCUT2D eigenvalue weighted by Gasteiger charge is -2.40. The average Bonchev–Trinajstić information content (AvgIpc) is 3.05. The Bertz CT molecular complexity index is 602. The van der Waals surface area contributed by atoms with Gasteiger partial charge >= 0.3 is 0 Å². The number of hydrogen-bond donors (Lipinski definition) is 2. The number of morpholine rings is 1. The molecule has 0 spiro atoms. The first-order valence-corrected chi connectivity index (χ1v) is 9.25. The number of hydrogen-bond acceptors (Lipinski definition) is 4. The number of ether oxygens (including phenoxy) is 1. The summed E-state index contributed by atoms with van der Waals surface area (Å²) in [6.07, 6.45) is 7.91. The second-order valence-corrected chi connectivity index (χ2v) is 7.57. The Hall–Kier alpha value is -1.60. The Morgan fingerprint density at radius 2 is 2.36 bits per heavy atom. The highest BCUT2D eigenvalue weighted by Gasteiger charge is 2.36. The molecule has 3 atom stereocenters. The number of aromatic nitrogens is 2. The van der Waals surface area contributed by atoms with Crippen molar-refractivity contribution in [2.24, 2.45) is 17.5 Å². The van der Waals surface area contributed by atoms with Gasteiger partial charge in [0.05, 0.1) is 25.5 Å². The molecule has 0 amide bonds. The molecule has 3 unspecified atom stereocenters. The zero-order valence-electron chi connectivity index (χ0n) is 15.6. The summed E-state index contributed by atoms with van der Waals surface area (Å²) in [5.41, 5.74) is 1.01.